The van der Waals surface area contributed by atoms with Crippen LogP contribution >= 0.6 is 11.6 Å². The number of anilines is 1. The molecule has 0 bridgehead atoms. The average Bonchev–Trinajstić information content (AvgIpc) is 2.73. The third-order valence-corrected chi connectivity index (χ3v) is 3.72. The summed E-state index contributed by atoms with van der Waals surface area (Å²) >= 11 is 5.80. The van der Waals surface area contributed by atoms with E-state index in [1.165, 1.54) is 0 Å². The maximum atomic E-state index is 12.1. The van der Waals surface area contributed by atoms with Crippen LogP contribution in [0.25, 0.3) is 0 Å². The third-order valence-electron chi connectivity index (χ3n) is 3.46. The molecular weight excluding hydrogens is 316 g/mol. The molecule has 23 heavy (non-hydrogen) atoms. The number of carbonyl (C=O) groups excluding carboxylic acids is 2. The van der Waals surface area contributed by atoms with Gasteiger partial charge in [0.05, 0.1) is 18.7 Å². The Balaban J connectivity index is 1.67. The van der Waals surface area contributed by atoms with Gasteiger partial charge < -0.3 is 15.4 Å². The Labute approximate surface area is 138 Å². The van der Waals surface area contributed by atoms with Crippen molar-refractivity contribution in [3.8, 4) is 5.75 Å². The standard InChI is InChI=1S/C17H15ClN2O3/c18-13-4-2-12(3-5-13)17(22)19-10-11-1-6-15-14(9-11)20-16(21)7-8-23-15/h1-6,9H,7-8,10H2,(H,19,22)(H,20,21). The second kappa shape index (κ2) is 6.71. The van der Waals surface area contributed by atoms with Crippen molar-refractivity contribution >= 4 is 29.1 Å². The van der Waals surface area contributed by atoms with Crippen molar-refractivity contribution in [3.05, 3.63) is 58.6 Å². The molecule has 5 nitrogen and oxygen atoms in total. The minimum Gasteiger partial charge on any atom is -0.491 e. The van der Waals surface area contributed by atoms with Crippen LogP contribution < -0.4 is 15.4 Å². The van der Waals surface area contributed by atoms with E-state index in [0.29, 0.717) is 41.6 Å². The summed E-state index contributed by atoms with van der Waals surface area (Å²) < 4.78 is 5.50. The van der Waals surface area contributed by atoms with Gasteiger partial charge in [0.1, 0.15) is 5.75 Å². The lowest BCUT2D eigenvalue weighted by Crippen LogP contribution is -2.22. The number of hydrogen-bond acceptors (Lipinski definition) is 3. The molecule has 0 saturated heterocycles. The molecule has 2 aromatic rings. The summed E-state index contributed by atoms with van der Waals surface area (Å²) in [5.74, 6) is 0.381. The fourth-order valence-corrected chi connectivity index (χ4v) is 2.39. The van der Waals surface area contributed by atoms with Crippen LogP contribution in [-0.4, -0.2) is 18.4 Å². The Kier molecular flexibility index (Phi) is 4.48. The van der Waals surface area contributed by atoms with E-state index in [4.69, 9.17) is 16.3 Å². The van der Waals surface area contributed by atoms with Gasteiger partial charge in [-0.05, 0) is 42.0 Å². The van der Waals surface area contributed by atoms with Crippen molar-refractivity contribution in [1.29, 1.82) is 0 Å². The minimum atomic E-state index is -0.183. The topological polar surface area (TPSA) is 67.4 Å². The van der Waals surface area contributed by atoms with Crippen LogP contribution in [-0.2, 0) is 11.3 Å². The van der Waals surface area contributed by atoms with Crippen molar-refractivity contribution in [2.45, 2.75) is 13.0 Å². The zero-order chi connectivity index (χ0) is 16.2. The molecule has 0 atom stereocenters. The Morgan fingerprint density at radius 2 is 2.00 bits per heavy atom. The first-order chi connectivity index (χ1) is 11.1. The van der Waals surface area contributed by atoms with E-state index in [2.05, 4.69) is 10.6 Å². The van der Waals surface area contributed by atoms with Crippen molar-refractivity contribution in [2.75, 3.05) is 11.9 Å². The summed E-state index contributed by atoms with van der Waals surface area (Å²) in [6, 6.07) is 12.1. The number of hydrogen-bond donors (Lipinski definition) is 2. The van der Waals surface area contributed by atoms with Gasteiger partial charge in [0.15, 0.2) is 0 Å². The molecule has 0 fully saturated rings. The average molecular weight is 331 g/mol. The first-order valence-electron chi connectivity index (χ1n) is 7.21. The number of ether oxygens (including phenoxy) is 1. The molecule has 1 aliphatic heterocycles. The van der Waals surface area contributed by atoms with Crippen LogP contribution in [0.5, 0.6) is 5.75 Å². The van der Waals surface area contributed by atoms with Gasteiger partial charge >= 0.3 is 0 Å². The van der Waals surface area contributed by atoms with E-state index in [-0.39, 0.29) is 11.8 Å². The molecule has 6 heteroatoms. The molecule has 0 aliphatic carbocycles. The van der Waals surface area contributed by atoms with E-state index in [9.17, 15) is 9.59 Å². The van der Waals surface area contributed by atoms with Crippen LogP contribution in [0.2, 0.25) is 5.02 Å². The number of fused-ring (bicyclic) bond motifs is 1. The van der Waals surface area contributed by atoms with Crippen molar-refractivity contribution < 1.29 is 14.3 Å². The maximum absolute atomic E-state index is 12.1. The third kappa shape index (κ3) is 3.81. The number of amides is 2. The second-order valence-electron chi connectivity index (χ2n) is 5.17. The number of carbonyl (C=O) groups is 2. The fourth-order valence-electron chi connectivity index (χ4n) is 2.26. The quantitative estimate of drug-likeness (QED) is 0.909. The number of halogens is 1. The summed E-state index contributed by atoms with van der Waals surface area (Å²) in [6.45, 7) is 0.718. The van der Waals surface area contributed by atoms with Crippen LogP contribution in [0, 0.1) is 0 Å². The fraction of sp³-hybridized carbons (Fsp3) is 0.176. The molecule has 3 rings (SSSR count). The summed E-state index contributed by atoms with van der Waals surface area (Å²) in [4.78, 5) is 23.6. The lowest BCUT2D eigenvalue weighted by atomic mass is 10.1. The first kappa shape index (κ1) is 15.4. The molecule has 0 saturated carbocycles. The Morgan fingerprint density at radius 3 is 2.78 bits per heavy atom. The predicted molar refractivity (Wildman–Crippen MR) is 87.8 cm³/mol. The van der Waals surface area contributed by atoms with Gasteiger partial charge in [-0.1, -0.05) is 17.7 Å². The molecule has 0 unspecified atom stereocenters. The number of rotatable bonds is 3. The highest BCUT2D eigenvalue weighted by Crippen LogP contribution is 2.28. The van der Waals surface area contributed by atoms with Gasteiger partial charge in [-0.25, -0.2) is 0 Å². The van der Waals surface area contributed by atoms with E-state index in [0.717, 1.165) is 5.56 Å². The highest BCUT2D eigenvalue weighted by molar-refractivity contribution is 6.30. The zero-order valence-electron chi connectivity index (χ0n) is 12.3. The summed E-state index contributed by atoms with van der Waals surface area (Å²) in [6.07, 6.45) is 0.331. The number of nitrogens with one attached hydrogen (secondary N) is 2. The van der Waals surface area contributed by atoms with Crippen LogP contribution in [0.3, 0.4) is 0 Å². The predicted octanol–water partition coefficient (Wildman–Crippen LogP) is 2.99. The summed E-state index contributed by atoms with van der Waals surface area (Å²) in [7, 11) is 0. The highest BCUT2D eigenvalue weighted by Gasteiger charge is 2.14. The van der Waals surface area contributed by atoms with Crippen molar-refractivity contribution in [1.82, 2.24) is 5.32 Å². The van der Waals surface area contributed by atoms with Gasteiger partial charge in [0.2, 0.25) is 5.91 Å². The molecule has 2 N–H and O–H groups in total. The van der Waals surface area contributed by atoms with Crippen molar-refractivity contribution in [3.63, 3.8) is 0 Å². The summed E-state index contributed by atoms with van der Waals surface area (Å²) in [5.41, 5.74) is 2.04. The van der Waals surface area contributed by atoms with E-state index >= 15 is 0 Å². The zero-order valence-corrected chi connectivity index (χ0v) is 13.0. The molecule has 2 amide bonds. The largest absolute Gasteiger partial charge is 0.491 e. The molecular formula is C17H15ClN2O3. The van der Waals surface area contributed by atoms with Crippen LogP contribution in [0.15, 0.2) is 42.5 Å². The maximum Gasteiger partial charge on any atom is 0.251 e. The first-order valence-corrected chi connectivity index (χ1v) is 7.59. The SMILES string of the molecule is O=C1CCOc2ccc(CNC(=O)c3ccc(Cl)cc3)cc2N1. The smallest absolute Gasteiger partial charge is 0.251 e. The lowest BCUT2D eigenvalue weighted by Gasteiger charge is -2.10. The molecule has 2 aromatic carbocycles. The van der Waals surface area contributed by atoms with Crippen LogP contribution in [0.1, 0.15) is 22.3 Å². The van der Waals surface area contributed by atoms with E-state index < -0.39 is 0 Å². The van der Waals surface area contributed by atoms with Gasteiger partial charge in [0.25, 0.3) is 5.91 Å². The molecule has 118 valence electrons. The molecule has 0 radical (unpaired) electrons. The van der Waals surface area contributed by atoms with Gasteiger partial charge in [-0.2, -0.15) is 0 Å². The molecule has 1 heterocycles. The molecule has 0 spiro atoms. The molecule has 1 aliphatic rings. The number of benzene rings is 2. The minimum absolute atomic E-state index is 0.0777. The lowest BCUT2D eigenvalue weighted by molar-refractivity contribution is -0.116. The van der Waals surface area contributed by atoms with Gasteiger partial charge in [0, 0.05) is 17.1 Å². The van der Waals surface area contributed by atoms with Gasteiger partial charge in [-0.3, -0.25) is 9.59 Å². The Bertz CT molecular complexity index is 744. The van der Waals surface area contributed by atoms with Crippen LogP contribution in [0.4, 0.5) is 5.69 Å². The van der Waals surface area contributed by atoms with Gasteiger partial charge in [-0.15, -0.1) is 0 Å². The second-order valence-corrected chi connectivity index (χ2v) is 5.60. The monoisotopic (exact) mass is 330 g/mol. The van der Waals surface area contributed by atoms with E-state index in [1.54, 1.807) is 36.4 Å². The Hall–Kier alpha value is -2.53. The van der Waals surface area contributed by atoms with Crippen molar-refractivity contribution in [2.24, 2.45) is 0 Å². The van der Waals surface area contributed by atoms with E-state index in [1.807, 2.05) is 6.07 Å². The summed E-state index contributed by atoms with van der Waals surface area (Å²) in [5, 5.41) is 6.22. The highest BCUT2D eigenvalue weighted by atomic mass is 35.5. The molecule has 0 aromatic heterocycles. The normalized spacial score (nSPS) is 13.3. The Morgan fingerprint density at radius 1 is 1.22 bits per heavy atom.